The summed E-state index contributed by atoms with van der Waals surface area (Å²) >= 11 is 0. The molecule has 1 aliphatic heterocycles. The van der Waals surface area contributed by atoms with E-state index in [-0.39, 0.29) is 4.90 Å². The Morgan fingerprint density at radius 1 is 1.26 bits per heavy atom. The van der Waals surface area contributed by atoms with Gasteiger partial charge in [-0.3, -0.25) is 0 Å². The molecule has 2 aromatic rings. The summed E-state index contributed by atoms with van der Waals surface area (Å²) in [6.07, 6.45) is 1.88. The van der Waals surface area contributed by atoms with Crippen molar-refractivity contribution in [3.05, 3.63) is 35.0 Å². The van der Waals surface area contributed by atoms with E-state index in [9.17, 15) is 8.42 Å². The number of sulfonamides is 1. The zero-order valence-electron chi connectivity index (χ0n) is 16.1. The number of benzene rings is 1. The van der Waals surface area contributed by atoms with Crippen molar-refractivity contribution >= 4 is 10.0 Å². The quantitative estimate of drug-likeness (QED) is 0.710. The number of aryl methyl sites for hydroxylation is 2. The van der Waals surface area contributed by atoms with E-state index in [1.807, 2.05) is 13.8 Å². The van der Waals surface area contributed by atoms with Crippen molar-refractivity contribution in [2.45, 2.75) is 44.0 Å². The largest absolute Gasteiger partial charge is 0.495 e. The van der Waals surface area contributed by atoms with Crippen LogP contribution in [0.25, 0.3) is 0 Å². The maximum Gasteiger partial charge on any atom is 0.247 e. The van der Waals surface area contributed by atoms with Crippen LogP contribution < -0.4 is 4.74 Å². The van der Waals surface area contributed by atoms with E-state index in [4.69, 9.17) is 14.0 Å². The van der Waals surface area contributed by atoms with Crippen molar-refractivity contribution < 1.29 is 22.4 Å². The Morgan fingerprint density at radius 2 is 2.00 bits per heavy atom. The van der Waals surface area contributed by atoms with Crippen molar-refractivity contribution in [1.82, 2.24) is 14.4 Å². The Bertz CT molecular complexity index is 910. The van der Waals surface area contributed by atoms with Gasteiger partial charge in [0.05, 0.1) is 13.7 Å². The first-order valence-corrected chi connectivity index (χ1v) is 10.3. The molecule has 0 bridgehead atoms. The summed E-state index contributed by atoms with van der Waals surface area (Å²) in [5.41, 5.74) is 1.87. The van der Waals surface area contributed by atoms with Crippen LogP contribution in [0, 0.1) is 13.8 Å². The summed E-state index contributed by atoms with van der Waals surface area (Å²) in [5, 5.41) is 3.93. The van der Waals surface area contributed by atoms with Crippen molar-refractivity contribution in [1.29, 1.82) is 0 Å². The fraction of sp³-hybridized carbons (Fsp3) is 0.556. The Morgan fingerprint density at radius 3 is 2.70 bits per heavy atom. The minimum Gasteiger partial charge on any atom is -0.495 e. The number of methoxy groups -OCH3 is 2. The van der Waals surface area contributed by atoms with E-state index < -0.39 is 16.1 Å². The van der Waals surface area contributed by atoms with Gasteiger partial charge in [0.25, 0.3) is 0 Å². The van der Waals surface area contributed by atoms with E-state index in [0.29, 0.717) is 43.5 Å². The third-order valence-corrected chi connectivity index (χ3v) is 6.80. The van der Waals surface area contributed by atoms with Crippen LogP contribution in [0.4, 0.5) is 0 Å². The average molecular weight is 395 g/mol. The Labute approximate surface area is 159 Å². The highest BCUT2D eigenvalue weighted by Gasteiger charge is 2.40. The summed E-state index contributed by atoms with van der Waals surface area (Å²) in [7, 11) is -0.693. The third kappa shape index (κ3) is 3.85. The lowest BCUT2D eigenvalue weighted by molar-refractivity contribution is 0.199. The fourth-order valence-electron chi connectivity index (χ4n) is 3.22. The molecule has 0 radical (unpaired) electrons. The van der Waals surface area contributed by atoms with Gasteiger partial charge in [-0.05, 0) is 49.9 Å². The lowest BCUT2D eigenvalue weighted by Crippen LogP contribution is -2.31. The first kappa shape index (κ1) is 19.8. The molecule has 1 aromatic carbocycles. The van der Waals surface area contributed by atoms with Crippen LogP contribution >= 0.6 is 0 Å². The molecule has 0 saturated carbocycles. The van der Waals surface area contributed by atoms with Crippen molar-refractivity contribution in [3.8, 4) is 5.75 Å². The van der Waals surface area contributed by atoms with E-state index in [2.05, 4.69) is 10.1 Å². The number of hydrogen-bond acceptors (Lipinski definition) is 7. The van der Waals surface area contributed by atoms with E-state index in [1.165, 1.54) is 11.4 Å². The maximum absolute atomic E-state index is 13.4. The minimum absolute atomic E-state index is 0.166. The van der Waals surface area contributed by atoms with Gasteiger partial charge in [-0.2, -0.15) is 9.29 Å². The highest BCUT2D eigenvalue weighted by atomic mass is 32.2. The van der Waals surface area contributed by atoms with Gasteiger partial charge in [-0.25, -0.2) is 8.42 Å². The number of rotatable bonds is 7. The molecule has 0 aliphatic carbocycles. The van der Waals surface area contributed by atoms with Crippen molar-refractivity contribution in [2.75, 3.05) is 27.4 Å². The van der Waals surface area contributed by atoms with Gasteiger partial charge < -0.3 is 14.0 Å². The molecular weight excluding hydrogens is 370 g/mol. The molecule has 9 heteroatoms. The normalized spacial score (nSPS) is 18.1. The van der Waals surface area contributed by atoms with Crippen LogP contribution in [-0.2, 0) is 21.2 Å². The second-order valence-electron chi connectivity index (χ2n) is 6.65. The van der Waals surface area contributed by atoms with Gasteiger partial charge in [-0.15, -0.1) is 0 Å². The standard InChI is InChI=1S/C18H25N3O5S/c1-12-10-15(25-4)16(11-13(12)2)27(22,23)21-8-5-6-14(21)18-19-17(20-26-18)7-9-24-3/h10-11,14H,5-9H2,1-4H3/t14-/m0/s1. The average Bonchev–Trinajstić information content (AvgIpc) is 3.30. The van der Waals surface area contributed by atoms with Crippen molar-refractivity contribution in [2.24, 2.45) is 0 Å². The molecular formula is C18H25N3O5S. The van der Waals surface area contributed by atoms with Crippen LogP contribution in [0.2, 0.25) is 0 Å². The summed E-state index contributed by atoms with van der Waals surface area (Å²) in [6, 6.07) is 2.95. The maximum atomic E-state index is 13.4. The van der Waals surface area contributed by atoms with Gasteiger partial charge in [-0.1, -0.05) is 5.16 Å². The molecule has 8 nitrogen and oxygen atoms in total. The highest BCUT2D eigenvalue weighted by molar-refractivity contribution is 7.89. The molecule has 0 amide bonds. The van der Waals surface area contributed by atoms with Crippen LogP contribution in [0.5, 0.6) is 5.75 Å². The molecule has 3 rings (SSSR count). The molecule has 1 saturated heterocycles. The molecule has 1 atom stereocenters. The Balaban J connectivity index is 1.94. The molecule has 0 N–H and O–H groups in total. The molecule has 0 unspecified atom stereocenters. The van der Waals surface area contributed by atoms with Gasteiger partial charge in [0.1, 0.15) is 16.7 Å². The van der Waals surface area contributed by atoms with Gasteiger partial charge >= 0.3 is 0 Å². The number of ether oxygens (including phenoxy) is 2. The highest BCUT2D eigenvalue weighted by Crippen LogP contribution is 2.39. The molecule has 2 heterocycles. The van der Waals surface area contributed by atoms with Crippen LogP contribution in [0.15, 0.2) is 21.6 Å². The molecule has 148 valence electrons. The summed E-state index contributed by atoms with van der Waals surface area (Å²) < 4.78 is 43.9. The van der Waals surface area contributed by atoms with Crippen molar-refractivity contribution in [3.63, 3.8) is 0 Å². The van der Waals surface area contributed by atoms with E-state index in [1.54, 1.807) is 19.2 Å². The predicted octanol–water partition coefficient (Wildman–Crippen LogP) is 2.41. The zero-order chi connectivity index (χ0) is 19.6. The second kappa shape index (κ2) is 7.95. The van der Waals surface area contributed by atoms with E-state index >= 15 is 0 Å². The van der Waals surface area contributed by atoms with Crippen LogP contribution in [-0.4, -0.2) is 50.2 Å². The van der Waals surface area contributed by atoms with Gasteiger partial charge in [0, 0.05) is 20.1 Å². The topological polar surface area (TPSA) is 94.8 Å². The number of nitrogens with zero attached hydrogens (tertiary/aromatic N) is 3. The molecule has 1 aliphatic rings. The SMILES string of the molecule is COCCc1noc([C@@H]2CCCN2S(=O)(=O)c2cc(C)c(C)cc2OC)n1. The molecule has 1 fully saturated rings. The predicted molar refractivity (Wildman–Crippen MR) is 98.2 cm³/mol. The zero-order valence-corrected chi connectivity index (χ0v) is 16.9. The Kier molecular flexibility index (Phi) is 5.83. The lowest BCUT2D eigenvalue weighted by atomic mass is 10.1. The Hall–Kier alpha value is -1.97. The summed E-state index contributed by atoms with van der Waals surface area (Å²) in [4.78, 5) is 4.53. The van der Waals surface area contributed by atoms with Crippen LogP contribution in [0.3, 0.4) is 0 Å². The summed E-state index contributed by atoms with van der Waals surface area (Å²) in [5.74, 6) is 1.18. The molecule has 27 heavy (non-hydrogen) atoms. The second-order valence-corrected chi connectivity index (χ2v) is 8.51. The van der Waals surface area contributed by atoms with Gasteiger partial charge in [0.2, 0.25) is 15.9 Å². The first-order valence-electron chi connectivity index (χ1n) is 8.87. The first-order chi connectivity index (χ1) is 12.9. The minimum atomic E-state index is -3.77. The number of aromatic nitrogens is 2. The monoisotopic (exact) mass is 395 g/mol. The molecule has 1 aromatic heterocycles. The third-order valence-electron chi connectivity index (χ3n) is 4.87. The lowest BCUT2D eigenvalue weighted by Gasteiger charge is -2.23. The smallest absolute Gasteiger partial charge is 0.247 e. The summed E-state index contributed by atoms with van der Waals surface area (Å²) in [6.45, 7) is 4.69. The van der Waals surface area contributed by atoms with Gasteiger partial charge in [0.15, 0.2) is 5.82 Å². The molecule has 0 spiro atoms. The fourth-order valence-corrected chi connectivity index (χ4v) is 5.10. The van der Waals surface area contributed by atoms with E-state index in [0.717, 1.165) is 17.5 Å². The number of hydrogen-bond donors (Lipinski definition) is 0. The van der Waals surface area contributed by atoms with Crippen LogP contribution in [0.1, 0.15) is 41.7 Å².